The topological polar surface area (TPSA) is 111 Å². The van der Waals surface area contributed by atoms with Crippen molar-refractivity contribution in [2.75, 3.05) is 19.4 Å². The molecule has 2 aliphatic rings. The van der Waals surface area contributed by atoms with Crippen molar-refractivity contribution in [3.8, 4) is 0 Å². The highest BCUT2D eigenvalue weighted by Crippen LogP contribution is 2.64. The van der Waals surface area contributed by atoms with Crippen molar-refractivity contribution in [2.45, 2.75) is 30.5 Å². The zero-order valence-corrected chi connectivity index (χ0v) is 21.7. The third-order valence-electron chi connectivity index (χ3n) is 7.06. The number of carboxylic acids is 1. The van der Waals surface area contributed by atoms with Crippen molar-refractivity contribution in [1.29, 1.82) is 0 Å². The van der Waals surface area contributed by atoms with Crippen LogP contribution >= 0.6 is 0 Å². The maximum absolute atomic E-state index is 12.8. The molecule has 3 heterocycles. The van der Waals surface area contributed by atoms with Gasteiger partial charge in [0.25, 0.3) is 0 Å². The summed E-state index contributed by atoms with van der Waals surface area (Å²) in [6.07, 6.45) is 1.59. The van der Waals surface area contributed by atoms with Gasteiger partial charge in [-0.3, -0.25) is 9.89 Å². The molecular weight excluding hydrogens is 523 g/mol. The molecule has 4 aromatic rings. The number of aromatic nitrogens is 3. The van der Waals surface area contributed by atoms with Gasteiger partial charge in [-0.05, 0) is 55.4 Å². The Morgan fingerprint density at radius 3 is 2.55 bits per heavy atom. The zero-order chi connectivity index (χ0) is 28.7. The summed E-state index contributed by atoms with van der Waals surface area (Å²) in [5.74, 6) is -1.83. The first kappa shape index (κ1) is 27.1. The molecule has 2 atom stereocenters. The standard InChI is InChI=1S/C27H25N5O.C2HF3O2/c1-32(2)16-18-7-5-17(6-8-18)9-12-23-20-11-10-19(14-24(20)31-30-23)22-15-27(22)21-4-3-13-28-25(21)29-26(27)33;3-2(4,5)1(6)7/h3-14,22H,15-16H2,1-2H3,(H,30,31)(H,28,29,33);(H,6,7)/b12-9+;/t22-,27-;/m0./s1. The van der Waals surface area contributed by atoms with E-state index in [1.54, 1.807) is 6.20 Å². The quantitative estimate of drug-likeness (QED) is 0.316. The van der Waals surface area contributed by atoms with Crippen molar-refractivity contribution in [1.82, 2.24) is 20.1 Å². The fraction of sp³-hybridized carbons (Fsp3) is 0.241. The first-order valence-corrected chi connectivity index (χ1v) is 12.5. The van der Waals surface area contributed by atoms with Crippen LogP contribution in [0, 0.1) is 0 Å². The summed E-state index contributed by atoms with van der Waals surface area (Å²) >= 11 is 0. The smallest absolute Gasteiger partial charge is 0.475 e. The molecule has 8 nitrogen and oxygen atoms in total. The molecule has 1 aliphatic heterocycles. The van der Waals surface area contributed by atoms with Crippen LogP contribution in [0.5, 0.6) is 0 Å². The van der Waals surface area contributed by atoms with Crippen LogP contribution in [0.2, 0.25) is 0 Å². The maximum Gasteiger partial charge on any atom is 0.490 e. The van der Waals surface area contributed by atoms with E-state index >= 15 is 0 Å². The minimum absolute atomic E-state index is 0.0612. The molecule has 0 bridgehead atoms. The normalized spacial score (nSPS) is 19.6. The molecule has 3 N–H and O–H groups in total. The van der Waals surface area contributed by atoms with E-state index in [-0.39, 0.29) is 11.8 Å². The number of carbonyl (C=O) groups excluding carboxylic acids is 1. The van der Waals surface area contributed by atoms with Gasteiger partial charge in [0.2, 0.25) is 5.91 Å². The Hall–Kier alpha value is -4.51. The molecule has 11 heteroatoms. The molecule has 1 saturated carbocycles. The third-order valence-corrected chi connectivity index (χ3v) is 7.06. The molecule has 0 saturated heterocycles. The molecular formula is C29H26F3N5O3. The third kappa shape index (κ3) is 5.20. The van der Waals surface area contributed by atoms with Crippen LogP contribution in [0.1, 0.15) is 40.3 Å². The van der Waals surface area contributed by atoms with Crippen LogP contribution in [0.15, 0.2) is 60.8 Å². The number of amides is 1. The second-order valence-electron chi connectivity index (χ2n) is 10.1. The average Bonchev–Trinajstić information content (AvgIpc) is 3.44. The molecule has 0 unspecified atom stereocenters. The number of H-pyrrole nitrogens is 1. The Bertz CT molecular complexity index is 1610. The van der Waals surface area contributed by atoms with Gasteiger partial charge in [-0.15, -0.1) is 0 Å². The number of aromatic amines is 1. The van der Waals surface area contributed by atoms with Gasteiger partial charge in [-0.2, -0.15) is 18.3 Å². The van der Waals surface area contributed by atoms with Crippen LogP contribution in [0.3, 0.4) is 0 Å². The van der Waals surface area contributed by atoms with E-state index < -0.39 is 17.6 Å². The number of nitrogens with one attached hydrogen (secondary N) is 2. The minimum atomic E-state index is -5.08. The number of carbonyl (C=O) groups is 2. The Morgan fingerprint density at radius 2 is 1.88 bits per heavy atom. The average molecular weight is 550 g/mol. The SMILES string of the molecule is CN(C)Cc1ccc(/C=C/c2n[nH]c3cc([C@@H]4C[C@@]45C(=O)Nc4ncccc45)ccc23)cc1.O=C(O)C(F)(F)F. The number of pyridine rings is 1. The molecule has 40 heavy (non-hydrogen) atoms. The molecule has 1 aliphatic carbocycles. The maximum atomic E-state index is 12.8. The number of alkyl halides is 3. The van der Waals surface area contributed by atoms with Gasteiger partial charge >= 0.3 is 12.1 Å². The van der Waals surface area contributed by atoms with Crippen LogP contribution in [-0.4, -0.2) is 57.3 Å². The Morgan fingerprint density at radius 1 is 1.15 bits per heavy atom. The van der Waals surface area contributed by atoms with Gasteiger partial charge in [0.05, 0.1) is 16.6 Å². The second kappa shape index (κ2) is 10.2. The number of hydrogen-bond donors (Lipinski definition) is 3. The molecule has 2 aromatic carbocycles. The van der Waals surface area contributed by atoms with E-state index in [4.69, 9.17) is 9.90 Å². The fourth-order valence-corrected chi connectivity index (χ4v) is 5.10. The van der Waals surface area contributed by atoms with Gasteiger partial charge < -0.3 is 15.3 Å². The van der Waals surface area contributed by atoms with Crippen LogP contribution in [0.4, 0.5) is 19.0 Å². The van der Waals surface area contributed by atoms with E-state index in [2.05, 4.69) is 88.0 Å². The number of hydrogen-bond acceptors (Lipinski definition) is 5. The molecule has 6 rings (SSSR count). The van der Waals surface area contributed by atoms with Crippen molar-refractivity contribution < 1.29 is 27.9 Å². The lowest BCUT2D eigenvalue weighted by molar-refractivity contribution is -0.192. The summed E-state index contributed by atoms with van der Waals surface area (Å²) in [4.78, 5) is 28.2. The van der Waals surface area contributed by atoms with Crippen molar-refractivity contribution in [3.05, 3.63) is 88.7 Å². The number of carboxylic acid groups (broad SMARTS) is 1. The lowest BCUT2D eigenvalue weighted by atomic mass is 9.93. The highest BCUT2D eigenvalue weighted by molar-refractivity contribution is 6.09. The van der Waals surface area contributed by atoms with Crippen LogP contribution in [0.25, 0.3) is 23.1 Å². The number of benzene rings is 2. The summed E-state index contributed by atoms with van der Waals surface area (Å²) in [6.45, 7) is 0.933. The number of aliphatic carboxylic acids is 1. The van der Waals surface area contributed by atoms with Gasteiger partial charge in [0.15, 0.2) is 0 Å². The summed E-state index contributed by atoms with van der Waals surface area (Å²) in [5, 5.41) is 18.8. The highest BCUT2D eigenvalue weighted by atomic mass is 19.4. The number of fused-ring (bicyclic) bond motifs is 3. The van der Waals surface area contributed by atoms with Crippen LogP contribution in [-0.2, 0) is 21.5 Å². The number of halogens is 3. The highest BCUT2D eigenvalue weighted by Gasteiger charge is 2.65. The van der Waals surface area contributed by atoms with E-state index in [1.165, 1.54) is 5.56 Å². The van der Waals surface area contributed by atoms with E-state index in [1.807, 2.05) is 18.2 Å². The fourth-order valence-electron chi connectivity index (χ4n) is 5.10. The summed E-state index contributed by atoms with van der Waals surface area (Å²) in [5.41, 5.74) is 6.04. The lowest BCUT2D eigenvalue weighted by Crippen LogP contribution is -2.21. The first-order valence-electron chi connectivity index (χ1n) is 12.5. The molecule has 1 amide bonds. The van der Waals surface area contributed by atoms with E-state index in [0.717, 1.165) is 46.3 Å². The molecule has 2 aromatic heterocycles. The monoisotopic (exact) mass is 549 g/mol. The van der Waals surface area contributed by atoms with E-state index in [0.29, 0.717) is 5.82 Å². The van der Waals surface area contributed by atoms with Crippen molar-refractivity contribution in [3.63, 3.8) is 0 Å². The Balaban J connectivity index is 0.000000411. The van der Waals surface area contributed by atoms with Gasteiger partial charge in [-0.1, -0.05) is 48.5 Å². The summed E-state index contributed by atoms with van der Waals surface area (Å²) in [6, 6.07) is 18.9. The number of rotatable bonds is 5. The number of nitrogens with zero attached hydrogens (tertiary/aromatic N) is 3. The Kier molecular flexibility index (Phi) is 6.92. The van der Waals surface area contributed by atoms with Gasteiger partial charge in [0, 0.05) is 29.6 Å². The molecule has 1 spiro atoms. The van der Waals surface area contributed by atoms with Crippen molar-refractivity contribution in [2.24, 2.45) is 0 Å². The minimum Gasteiger partial charge on any atom is -0.475 e. The van der Waals surface area contributed by atoms with E-state index in [9.17, 15) is 18.0 Å². The molecule has 0 radical (unpaired) electrons. The predicted molar refractivity (Wildman–Crippen MR) is 144 cm³/mol. The molecule has 1 fully saturated rings. The van der Waals surface area contributed by atoms with Gasteiger partial charge in [-0.25, -0.2) is 9.78 Å². The predicted octanol–water partition coefficient (Wildman–Crippen LogP) is 5.20. The number of anilines is 1. The van der Waals surface area contributed by atoms with Gasteiger partial charge in [0.1, 0.15) is 5.82 Å². The van der Waals surface area contributed by atoms with Crippen LogP contribution < -0.4 is 5.32 Å². The largest absolute Gasteiger partial charge is 0.490 e. The second-order valence-corrected chi connectivity index (χ2v) is 10.1. The lowest BCUT2D eigenvalue weighted by Gasteiger charge is -2.09. The summed E-state index contributed by atoms with van der Waals surface area (Å²) < 4.78 is 31.7. The Labute approximate surface area is 227 Å². The van der Waals surface area contributed by atoms with Crippen molar-refractivity contribution >= 4 is 40.7 Å². The molecule has 206 valence electrons. The first-order chi connectivity index (χ1) is 19.0. The summed E-state index contributed by atoms with van der Waals surface area (Å²) in [7, 11) is 4.15. The zero-order valence-electron chi connectivity index (χ0n) is 21.7.